The first-order chi connectivity index (χ1) is 7.66. The maximum atomic E-state index is 10.6. The molecule has 0 radical (unpaired) electrons. The lowest BCUT2D eigenvalue weighted by atomic mass is 10.0. The second kappa shape index (κ2) is 4.55. The highest BCUT2D eigenvalue weighted by Gasteiger charge is 2.22. The van der Waals surface area contributed by atoms with Crippen LogP contribution < -0.4 is 5.32 Å². The smallest absolute Gasteiger partial charge is 0.357 e. The van der Waals surface area contributed by atoms with Crippen molar-refractivity contribution >= 4 is 12.0 Å². The molecule has 5 nitrogen and oxygen atoms in total. The molecule has 1 saturated carbocycles. The Hall–Kier alpha value is -1.52. The summed E-state index contributed by atoms with van der Waals surface area (Å²) in [6.07, 6.45) is 6.17. The number of carbonyl (C=O) groups is 1. The van der Waals surface area contributed by atoms with Crippen molar-refractivity contribution in [3.05, 3.63) is 12.0 Å². The lowest BCUT2D eigenvalue weighted by molar-refractivity contribution is 0.0690. The Morgan fingerprint density at radius 1 is 1.62 bits per heavy atom. The zero-order valence-electron chi connectivity index (χ0n) is 9.27. The highest BCUT2D eigenvalue weighted by atomic mass is 16.4. The quantitative estimate of drug-likeness (QED) is 0.821. The van der Waals surface area contributed by atoms with Crippen molar-refractivity contribution in [1.82, 2.24) is 4.98 Å². The third kappa shape index (κ3) is 2.35. The second-order valence-electron chi connectivity index (χ2n) is 4.32. The summed E-state index contributed by atoms with van der Waals surface area (Å²) < 4.78 is 5.05. The molecule has 1 aliphatic rings. The van der Waals surface area contributed by atoms with Gasteiger partial charge in [-0.15, -0.1) is 0 Å². The lowest BCUT2D eigenvalue weighted by Gasteiger charge is -2.18. The van der Waals surface area contributed by atoms with Crippen molar-refractivity contribution in [2.24, 2.45) is 5.92 Å². The van der Waals surface area contributed by atoms with Gasteiger partial charge in [-0.05, 0) is 25.7 Å². The van der Waals surface area contributed by atoms with Crippen LogP contribution in [0.15, 0.2) is 10.7 Å². The fraction of sp³-hybridized carbons (Fsp3) is 0.636. The van der Waals surface area contributed by atoms with Crippen LogP contribution in [0.4, 0.5) is 6.01 Å². The number of hydrogen-bond donors (Lipinski definition) is 2. The highest BCUT2D eigenvalue weighted by Crippen LogP contribution is 2.29. The van der Waals surface area contributed by atoms with Gasteiger partial charge in [0.15, 0.2) is 5.69 Å². The number of anilines is 1. The first kappa shape index (κ1) is 11.0. The molecule has 1 fully saturated rings. The van der Waals surface area contributed by atoms with E-state index < -0.39 is 5.97 Å². The first-order valence-electron chi connectivity index (χ1n) is 5.62. The fourth-order valence-corrected chi connectivity index (χ4v) is 2.21. The monoisotopic (exact) mass is 224 g/mol. The van der Waals surface area contributed by atoms with Crippen molar-refractivity contribution in [2.75, 3.05) is 5.32 Å². The molecule has 5 heteroatoms. The molecule has 2 N–H and O–H groups in total. The molecule has 1 aliphatic carbocycles. The molecule has 1 heterocycles. The van der Waals surface area contributed by atoms with Crippen LogP contribution in [-0.4, -0.2) is 22.1 Å². The predicted molar refractivity (Wildman–Crippen MR) is 58.5 cm³/mol. The van der Waals surface area contributed by atoms with Crippen molar-refractivity contribution in [2.45, 2.75) is 38.6 Å². The van der Waals surface area contributed by atoms with Crippen LogP contribution >= 0.6 is 0 Å². The number of nitrogens with one attached hydrogen (secondary N) is 1. The van der Waals surface area contributed by atoms with Gasteiger partial charge < -0.3 is 14.8 Å². The Bertz CT molecular complexity index is 369. The maximum Gasteiger partial charge on any atom is 0.357 e. The van der Waals surface area contributed by atoms with Gasteiger partial charge in [-0.25, -0.2) is 4.79 Å². The number of aromatic carboxylic acids is 1. The Balaban J connectivity index is 1.94. The Kier molecular flexibility index (Phi) is 3.12. The Morgan fingerprint density at radius 2 is 2.31 bits per heavy atom. The van der Waals surface area contributed by atoms with Crippen LogP contribution in [0.1, 0.15) is 43.1 Å². The normalized spacial score (nSPS) is 18.6. The molecule has 0 spiro atoms. The van der Waals surface area contributed by atoms with Gasteiger partial charge in [0, 0.05) is 6.04 Å². The third-order valence-electron chi connectivity index (χ3n) is 3.18. The number of hydrogen-bond acceptors (Lipinski definition) is 4. The lowest BCUT2D eigenvalue weighted by Crippen LogP contribution is -2.23. The van der Waals surface area contributed by atoms with E-state index in [0.29, 0.717) is 11.9 Å². The largest absolute Gasteiger partial charge is 0.476 e. The van der Waals surface area contributed by atoms with E-state index in [1.165, 1.54) is 25.7 Å². The molecule has 1 atom stereocenters. The summed E-state index contributed by atoms with van der Waals surface area (Å²) in [4.78, 5) is 14.4. The first-order valence-corrected chi connectivity index (χ1v) is 5.62. The van der Waals surface area contributed by atoms with E-state index in [1.54, 1.807) is 0 Å². The maximum absolute atomic E-state index is 10.6. The number of oxazole rings is 1. The number of nitrogens with zero attached hydrogens (tertiary/aromatic N) is 1. The summed E-state index contributed by atoms with van der Waals surface area (Å²) in [5.41, 5.74) is -0.0545. The van der Waals surface area contributed by atoms with E-state index >= 15 is 0 Å². The molecular formula is C11H16N2O3. The Morgan fingerprint density at radius 3 is 2.88 bits per heavy atom. The van der Waals surface area contributed by atoms with Gasteiger partial charge in [0.2, 0.25) is 0 Å². The number of carboxylic acids is 1. The number of rotatable bonds is 4. The summed E-state index contributed by atoms with van der Waals surface area (Å²) in [6.45, 7) is 2.08. The van der Waals surface area contributed by atoms with E-state index in [1.807, 2.05) is 0 Å². The minimum absolute atomic E-state index is 0.0545. The van der Waals surface area contributed by atoms with Crippen LogP contribution in [0, 0.1) is 5.92 Å². The summed E-state index contributed by atoms with van der Waals surface area (Å²) in [5.74, 6) is -0.425. The molecule has 0 aromatic carbocycles. The summed E-state index contributed by atoms with van der Waals surface area (Å²) in [5, 5.41) is 11.8. The number of aromatic nitrogens is 1. The number of carboxylic acid groups (broad SMARTS) is 1. The van der Waals surface area contributed by atoms with Gasteiger partial charge in [-0.1, -0.05) is 12.8 Å². The summed E-state index contributed by atoms with van der Waals surface area (Å²) in [6, 6.07) is 0.583. The summed E-state index contributed by atoms with van der Waals surface area (Å²) in [7, 11) is 0. The third-order valence-corrected chi connectivity index (χ3v) is 3.18. The van der Waals surface area contributed by atoms with Crippen molar-refractivity contribution < 1.29 is 14.3 Å². The molecule has 1 unspecified atom stereocenters. The van der Waals surface area contributed by atoms with Crippen LogP contribution in [0.2, 0.25) is 0 Å². The highest BCUT2D eigenvalue weighted by molar-refractivity contribution is 5.85. The van der Waals surface area contributed by atoms with Gasteiger partial charge in [0.1, 0.15) is 6.26 Å². The Labute approximate surface area is 93.9 Å². The van der Waals surface area contributed by atoms with E-state index in [0.717, 1.165) is 6.26 Å². The van der Waals surface area contributed by atoms with Gasteiger partial charge in [0.25, 0.3) is 6.01 Å². The molecule has 16 heavy (non-hydrogen) atoms. The van der Waals surface area contributed by atoms with Crippen LogP contribution in [0.3, 0.4) is 0 Å². The van der Waals surface area contributed by atoms with Crippen LogP contribution in [-0.2, 0) is 0 Å². The molecular weight excluding hydrogens is 208 g/mol. The molecule has 0 aliphatic heterocycles. The van der Waals surface area contributed by atoms with Crippen LogP contribution in [0.5, 0.6) is 0 Å². The average molecular weight is 224 g/mol. The topological polar surface area (TPSA) is 75.4 Å². The predicted octanol–water partition coefficient (Wildman–Crippen LogP) is 2.36. The van der Waals surface area contributed by atoms with Crippen molar-refractivity contribution in [1.29, 1.82) is 0 Å². The average Bonchev–Trinajstić information content (AvgIpc) is 2.87. The second-order valence-corrected chi connectivity index (χ2v) is 4.32. The van der Waals surface area contributed by atoms with Gasteiger partial charge in [0.05, 0.1) is 0 Å². The van der Waals surface area contributed by atoms with Gasteiger partial charge in [-0.2, -0.15) is 4.98 Å². The zero-order valence-corrected chi connectivity index (χ0v) is 9.27. The molecule has 2 rings (SSSR count). The molecule has 0 saturated heterocycles. The standard InChI is InChI=1S/C11H16N2O3/c1-7(8-4-2-3-5-8)12-11-13-9(6-16-11)10(14)15/h6-8H,2-5H2,1H3,(H,12,13)(H,14,15). The van der Waals surface area contributed by atoms with Gasteiger partial charge in [-0.3, -0.25) is 0 Å². The zero-order chi connectivity index (χ0) is 11.5. The molecule has 1 aromatic rings. The minimum Gasteiger partial charge on any atom is -0.476 e. The molecule has 0 bridgehead atoms. The van der Waals surface area contributed by atoms with E-state index in [4.69, 9.17) is 9.52 Å². The van der Waals surface area contributed by atoms with Crippen molar-refractivity contribution in [3.8, 4) is 0 Å². The molecule has 88 valence electrons. The molecule has 1 aromatic heterocycles. The summed E-state index contributed by atoms with van der Waals surface area (Å²) >= 11 is 0. The fourth-order valence-electron chi connectivity index (χ4n) is 2.21. The van der Waals surface area contributed by atoms with Crippen molar-refractivity contribution in [3.63, 3.8) is 0 Å². The van der Waals surface area contributed by atoms with E-state index in [9.17, 15) is 4.79 Å². The SMILES string of the molecule is CC(Nc1nc(C(=O)O)co1)C1CCCC1. The van der Waals surface area contributed by atoms with E-state index in [2.05, 4.69) is 17.2 Å². The minimum atomic E-state index is -1.06. The van der Waals surface area contributed by atoms with Crippen LogP contribution in [0.25, 0.3) is 0 Å². The van der Waals surface area contributed by atoms with Gasteiger partial charge >= 0.3 is 5.97 Å². The van der Waals surface area contributed by atoms with E-state index in [-0.39, 0.29) is 11.7 Å². The molecule has 0 amide bonds.